The van der Waals surface area contributed by atoms with Gasteiger partial charge in [0.1, 0.15) is 23.6 Å². The predicted molar refractivity (Wildman–Crippen MR) is 214 cm³/mol. The number of ether oxygens (including phenoxy) is 2. The molecule has 2 fully saturated rings. The van der Waals surface area contributed by atoms with Gasteiger partial charge in [-0.2, -0.15) is 10.2 Å². The number of benzene rings is 2. The number of hydrogen-bond acceptors (Lipinski definition) is 10. The molecule has 302 valence electrons. The molecule has 0 spiro atoms. The monoisotopic (exact) mass is 868 g/mol. The predicted octanol–water partition coefficient (Wildman–Crippen LogP) is 5.83. The van der Waals surface area contributed by atoms with Crippen LogP contribution in [0.15, 0.2) is 108 Å². The minimum absolute atomic E-state index is 0.203. The van der Waals surface area contributed by atoms with Gasteiger partial charge in [0, 0.05) is 42.5 Å². The van der Waals surface area contributed by atoms with E-state index in [0.717, 1.165) is 15.7 Å². The second-order valence-electron chi connectivity index (χ2n) is 13.2. The number of aromatic nitrogens is 6. The van der Waals surface area contributed by atoms with Crippen molar-refractivity contribution in [3.8, 4) is 34.0 Å². The Hall–Kier alpha value is -7.02. The summed E-state index contributed by atoms with van der Waals surface area (Å²) >= 11 is 3.34. The van der Waals surface area contributed by atoms with E-state index in [4.69, 9.17) is 9.47 Å². The van der Waals surface area contributed by atoms with Crippen LogP contribution in [-0.4, -0.2) is 91.9 Å². The minimum atomic E-state index is -0.587. The van der Waals surface area contributed by atoms with Crippen molar-refractivity contribution in [3.05, 3.63) is 120 Å². The van der Waals surface area contributed by atoms with Crippen molar-refractivity contribution in [2.24, 2.45) is 0 Å². The van der Waals surface area contributed by atoms with Gasteiger partial charge in [0.05, 0.1) is 67.0 Å². The second-order valence-corrected chi connectivity index (χ2v) is 14.1. The van der Waals surface area contributed by atoms with Gasteiger partial charge in [-0.3, -0.25) is 29.4 Å². The van der Waals surface area contributed by atoms with E-state index in [9.17, 15) is 28.0 Å². The Balaban J connectivity index is 0.000000179. The van der Waals surface area contributed by atoms with Crippen LogP contribution in [0.25, 0.3) is 34.0 Å². The number of nitrogens with zero attached hydrogens (tertiary/aromatic N) is 8. The molecule has 6 aromatic rings. The highest BCUT2D eigenvalue weighted by molar-refractivity contribution is 9.10. The van der Waals surface area contributed by atoms with E-state index in [-0.39, 0.29) is 49.4 Å². The molecule has 2 saturated heterocycles. The Morgan fingerprint density at radius 2 is 1.22 bits per heavy atom. The lowest BCUT2D eigenvalue weighted by molar-refractivity contribution is -0.120. The largest absolute Gasteiger partial charge is 0.442 e. The lowest BCUT2D eigenvalue weighted by Gasteiger charge is -2.15. The summed E-state index contributed by atoms with van der Waals surface area (Å²) in [5.74, 6) is -1.50. The summed E-state index contributed by atoms with van der Waals surface area (Å²) in [6.45, 7) is 3.62. The first-order valence-corrected chi connectivity index (χ1v) is 18.9. The molecule has 2 aliphatic heterocycles. The fourth-order valence-corrected chi connectivity index (χ4v) is 6.55. The number of nitrogens with one attached hydrogen (secondary N) is 2. The summed E-state index contributed by atoms with van der Waals surface area (Å²) < 4.78 is 44.2. The number of amides is 4. The van der Waals surface area contributed by atoms with Gasteiger partial charge in [0.15, 0.2) is 11.6 Å². The molecule has 6 heterocycles. The van der Waals surface area contributed by atoms with Crippen molar-refractivity contribution in [2.45, 2.75) is 26.1 Å². The van der Waals surface area contributed by atoms with Gasteiger partial charge in [-0.25, -0.2) is 27.7 Å². The highest BCUT2D eigenvalue weighted by Gasteiger charge is 2.34. The first kappa shape index (κ1) is 40.2. The van der Waals surface area contributed by atoms with Crippen molar-refractivity contribution in [2.75, 3.05) is 36.0 Å². The number of cyclic esters (lactones) is 2. The van der Waals surface area contributed by atoms with E-state index in [0.29, 0.717) is 22.8 Å². The van der Waals surface area contributed by atoms with Crippen LogP contribution in [-0.2, 0) is 19.1 Å². The third-order valence-electron chi connectivity index (χ3n) is 9.10. The average molecular weight is 870 g/mol. The van der Waals surface area contributed by atoms with Crippen LogP contribution in [0.3, 0.4) is 0 Å². The van der Waals surface area contributed by atoms with Gasteiger partial charge in [0.25, 0.3) is 0 Å². The summed E-state index contributed by atoms with van der Waals surface area (Å²) in [4.78, 5) is 57.4. The molecule has 2 N–H and O–H groups in total. The molecule has 16 nitrogen and oxygen atoms in total. The van der Waals surface area contributed by atoms with Gasteiger partial charge >= 0.3 is 12.2 Å². The van der Waals surface area contributed by atoms with E-state index >= 15 is 0 Å². The van der Waals surface area contributed by atoms with Crippen LogP contribution in [0.5, 0.6) is 0 Å². The molecule has 2 atom stereocenters. The molecule has 0 radical (unpaired) electrons. The summed E-state index contributed by atoms with van der Waals surface area (Å²) in [6.07, 6.45) is 5.97. The topological polar surface area (TPSA) is 179 Å². The van der Waals surface area contributed by atoms with Crippen molar-refractivity contribution in [1.29, 1.82) is 0 Å². The molecule has 0 bridgehead atoms. The molecular weight excluding hydrogens is 834 g/mol. The average Bonchev–Trinajstić information content (AvgIpc) is 4.04. The molecule has 2 aromatic carbocycles. The molecule has 4 aromatic heterocycles. The number of pyridine rings is 2. The van der Waals surface area contributed by atoms with Gasteiger partial charge in [-0.15, -0.1) is 0 Å². The number of anilines is 2. The van der Waals surface area contributed by atoms with Crippen LogP contribution in [0, 0.1) is 11.6 Å². The molecule has 4 amide bonds. The Bertz CT molecular complexity index is 2500. The fraction of sp³-hybridized carbons (Fsp3) is 0.200. The van der Waals surface area contributed by atoms with Crippen molar-refractivity contribution in [1.82, 2.24) is 40.2 Å². The number of carbonyl (C=O) groups excluding carboxylic acids is 4. The van der Waals surface area contributed by atoms with Crippen LogP contribution in [0.1, 0.15) is 13.8 Å². The zero-order valence-corrected chi connectivity index (χ0v) is 33.0. The number of hydrogen-bond donors (Lipinski definition) is 2. The van der Waals surface area contributed by atoms with Gasteiger partial charge in [-0.05, 0) is 88.7 Å². The molecule has 0 saturated carbocycles. The van der Waals surface area contributed by atoms with E-state index in [1.807, 2.05) is 18.2 Å². The number of halogens is 3. The summed E-state index contributed by atoms with van der Waals surface area (Å²) in [5.41, 5.74) is 4.06. The standard InChI is InChI=1S/C20H17BrFN5O3.C20H18FN5O3/c1-12(28)23-10-15-11-26(20(29)30-15)14-3-5-18(16(22)8-14)27-19(6-7-25-27)17-4-2-13(21)9-24-17;1-13(27)23-11-16-12-25(20(28)29-16)15-2-3-19(17(21)10-15)26-18(6-9-24-26)14-4-7-22-8-5-14/h2-9,15H,10-11H2,1H3,(H,23,28);2-10,16H,11-12H2,1H3,(H,23,27)/t15-;16-/m00/s1. The summed E-state index contributed by atoms with van der Waals surface area (Å²) in [7, 11) is 0. The van der Waals surface area contributed by atoms with Gasteiger partial charge < -0.3 is 20.1 Å². The molecule has 2 aliphatic rings. The van der Waals surface area contributed by atoms with Crippen molar-refractivity contribution < 1.29 is 37.4 Å². The maximum Gasteiger partial charge on any atom is 0.414 e. The normalized spacial score (nSPS) is 15.9. The second kappa shape index (κ2) is 17.6. The minimum Gasteiger partial charge on any atom is -0.442 e. The Morgan fingerprint density at radius 1 is 0.712 bits per heavy atom. The smallest absolute Gasteiger partial charge is 0.414 e. The Labute approximate surface area is 343 Å². The van der Waals surface area contributed by atoms with Crippen LogP contribution in [0.4, 0.5) is 29.7 Å². The molecule has 8 rings (SSSR count). The SMILES string of the molecule is CC(=O)NC[C@H]1CN(c2ccc(-n3nccc3-c3ccc(Br)cn3)c(F)c2)C(=O)O1.CC(=O)NC[C@H]1CN(c2ccc(-n3nccc3-c3ccncc3)c(F)c2)C(=O)O1. The number of rotatable bonds is 10. The third-order valence-corrected chi connectivity index (χ3v) is 9.57. The van der Waals surface area contributed by atoms with Crippen LogP contribution >= 0.6 is 15.9 Å². The highest BCUT2D eigenvalue weighted by Crippen LogP contribution is 2.30. The zero-order valence-electron chi connectivity index (χ0n) is 31.5. The molecular formula is C40H35BrF2N10O6. The molecule has 0 aliphatic carbocycles. The van der Waals surface area contributed by atoms with E-state index in [1.54, 1.807) is 73.4 Å². The Morgan fingerprint density at radius 3 is 1.69 bits per heavy atom. The van der Waals surface area contributed by atoms with Crippen LogP contribution in [0.2, 0.25) is 0 Å². The van der Waals surface area contributed by atoms with E-state index in [1.165, 1.54) is 45.1 Å². The summed E-state index contributed by atoms with van der Waals surface area (Å²) in [6, 6.07) is 19.7. The zero-order chi connectivity index (χ0) is 41.6. The molecule has 19 heteroatoms. The maximum absolute atomic E-state index is 15.0. The van der Waals surface area contributed by atoms with Crippen molar-refractivity contribution in [3.63, 3.8) is 0 Å². The van der Waals surface area contributed by atoms with Gasteiger partial charge in [0.2, 0.25) is 11.8 Å². The first-order valence-electron chi connectivity index (χ1n) is 18.1. The molecule has 59 heavy (non-hydrogen) atoms. The maximum atomic E-state index is 15.0. The van der Waals surface area contributed by atoms with Crippen molar-refractivity contribution >= 4 is 51.3 Å². The lowest BCUT2D eigenvalue weighted by atomic mass is 10.2. The van der Waals surface area contributed by atoms with E-state index < -0.39 is 36.0 Å². The quantitative estimate of drug-likeness (QED) is 0.170. The number of carbonyl (C=O) groups is 4. The third kappa shape index (κ3) is 9.25. The fourth-order valence-electron chi connectivity index (χ4n) is 6.32. The summed E-state index contributed by atoms with van der Waals surface area (Å²) in [5, 5.41) is 13.7. The first-order chi connectivity index (χ1) is 28.4. The Kier molecular flexibility index (Phi) is 12.0. The van der Waals surface area contributed by atoms with Gasteiger partial charge in [-0.1, -0.05) is 0 Å². The van der Waals surface area contributed by atoms with E-state index in [2.05, 4.69) is 46.7 Å². The highest BCUT2D eigenvalue weighted by atomic mass is 79.9. The molecule has 0 unspecified atom stereocenters. The lowest BCUT2D eigenvalue weighted by Crippen LogP contribution is -2.33. The van der Waals surface area contributed by atoms with Crippen LogP contribution < -0.4 is 20.4 Å².